The third-order valence-electron chi connectivity index (χ3n) is 7.49. The van der Waals surface area contributed by atoms with Crippen molar-refractivity contribution in [2.75, 3.05) is 39.8 Å². The number of nitrogens with zero attached hydrogens (tertiary/aromatic N) is 2. The number of ketones is 1. The van der Waals surface area contributed by atoms with Crippen LogP contribution in [0.5, 0.6) is 5.75 Å². The molecule has 1 aromatic rings. The summed E-state index contributed by atoms with van der Waals surface area (Å²) in [6.45, 7) is 24.2. The zero-order valence-electron chi connectivity index (χ0n) is 22.8. The summed E-state index contributed by atoms with van der Waals surface area (Å²) in [4.78, 5) is 19.7. The van der Waals surface area contributed by atoms with Gasteiger partial charge in [-0.05, 0) is 86.4 Å². The molecule has 186 valence electrons. The van der Waals surface area contributed by atoms with Crippen molar-refractivity contribution in [3.8, 4) is 5.75 Å². The summed E-state index contributed by atoms with van der Waals surface area (Å²) in [7, 11) is 1.69. The van der Waals surface area contributed by atoms with Crippen LogP contribution in [0.15, 0.2) is 24.3 Å². The Bertz CT molecular complexity index is 814. The molecule has 1 N–H and O–H groups in total. The Morgan fingerprint density at radius 3 is 1.67 bits per heavy atom. The van der Waals surface area contributed by atoms with Gasteiger partial charge in [0.25, 0.3) is 0 Å². The van der Waals surface area contributed by atoms with Crippen molar-refractivity contribution >= 4 is 5.78 Å². The van der Waals surface area contributed by atoms with E-state index in [4.69, 9.17) is 4.74 Å². The van der Waals surface area contributed by atoms with Gasteiger partial charge in [-0.15, -0.1) is 0 Å². The predicted octanol–water partition coefficient (Wildman–Crippen LogP) is 4.40. The van der Waals surface area contributed by atoms with Crippen LogP contribution in [0.1, 0.15) is 67.9 Å². The lowest BCUT2D eigenvalue weighted by Gasteiger charge is -2.62. The second kappa shape index (κ2) is 8.66. The fourth-order valence-electron chi connectivity index (χ4n) is 5.42. The van der Waals surface area contributed by atoms with Crippen LogP contribution >= 0.6 is 0 Å². The van der Waals surface area contributed by atoms with E-state index >= 15 is 0 Å². The van der Waals surface area contributed by atoms with Gasteiger partial charge in [-0.25, -0.2) is 0 Å². The molecule has 0 atom stereocenters. The van der Waals surface area contributed by atoms with Gasteiger partial charge in [-0.1, -0.05) is 12.1 Å². The first-order valence-corrected chi connectivity index (χ1v) is 12.4. The Hall–Kier alpha value is -1.43. The smallest absolute Gasteiger partial charge is 0.151 e. The van der Waals surface area contributed by atoms with Crippen molar-refractivity contribution in [1.82, 2.24) is 15.1 Å². The fourth-order valence-corrected chi connectivity index (χ4v) is 5.42. The van der Waals surface area contributed by atoms with E-state index in [0.717, 1.165) is 38.3 Å². The van der Waals surface area contributed by atoms with E-state index in [1.165, 1.54) is 5.56 Å². The highest BCUT2D eigenvalue weighted by Crippen LogP contribution is 2.48. The molecule has 5 nitrogen and oxygen atoms in total. The van der Waals surface area contributed by atoms with Gasteiger partial charge in [0.2, 0.25) is 0 Å². The maximum atomic E-state index is 14.5. The summed E-state index contributed by atoms with van der Waals surface area (Å²) < 4.78 is 5.37. The topological polar surface area (TPSA) is 44.8 Å². The molecule has 3 rings (SSSR count). The maximum absolute atomic E-state index is 14.5. The highest BCUT2D eigenvalue weighted by Gasteiger charge is 2.61. The molecule has 33 heavy (non-hydrogen) atoms. The number of methoxy groups -OCH3 is 1. The zero-order valence-corrected chi connectivity index (χ0v) is 22.8. The molecule has 2 heterocycles. The van der Waals surface area contributed by atoms with Crippen LogP contribution in [0.2, 0.25) is 0 Å². The summed E-state index contributed by atoms with van der Waals surface area (Å²) in [6.07, 6.45) is 0.756. The first-order valence-electron chi connectivity index (χ1n) is 12.4. The molecule has 0 radical (unpaired) electrons. The first-order chi connectivity index (χ1) is 15.0. The Labute approximate surface area is 202 Å². The molecule has 0 aromatic heterocycles. The number of carbonyl (C=O) groups is 1. The van der Waals surface area contributed by atoms with E-state index in [2.05, 4.69) is 89.6 Å². The van der Waals surface area contributed by atoms with Crippen LogP contribution in [0.25, 0.3) is 0 Å². The molecule has 0 aliphatic carbocycles. The van der Waals surface area contributed by atoms with E-state index in [1.54, 1.807) is 7.11 Å². The molecule has 2 aliphatic heterocycles. The van der Waals surface area contributed by atoms with Gasteiger partial charge >= 0.3 is 0 Å². The summed E-state index contributed by atoms with van der Waals surface area (Å²) in [5, 5.41) is 3.72. The van der Waals surface area contributed by atoms with Gasteiger partial charge < -0.3 is 10.1 Å². The van der Waals surface area contributed by atoms with Crippen LogP contribution in [-0.4, -0.2) is 72.0 Å². The van der Waals surface area contributed by atoms with E-state index in [-0.39, 0.29) is 16.6 Å². The lowest BCUT2D eigenvalue weighted by molar-refractivity contribution is -0.171. The Balaban J connectivity index is 2.09. The number of piperidine rings is 2. The average Bonchev–Trinajstić information content (AvgIpc) is 2.66. The van der Waals surface area contributed by atoms with Gasteiger partial charge in [0.05, 0.1) is 17.9 Å². The summed E-state index contributed by atoms with van der Waals surface area (Å²) >= 11 is 0. The molecule has 2 saturated heterocycles. The molecule has 2 aliphatic rings. The molecule has 0 saturated carbocycles. The average molecular weight is 458 g/mol. The lowest BCUT2D eigenvalue weighted by atomic mass is 9.59. The summed E-state index contributed by atoms with van der Waals surface area (Å²) in [6, 6.07) is 8.28. The molecular formula is C28H47N3O2. The van der Waals surface area contributed by atoms with Gasteiger partial charge in [-0.3, -0.25) is 14.6 Å². The van der Waals surface area contributed by atoms with Crippen molar-refractivity contribution in [3.63, 3.8) is 0 Å². The quantitative estimate of drug-likeness (QED) is 0.710. The third-order valence-corrected chi connectivity index (χ3v) is 7.49. The van der Waals surface area contributed by atoms with Crippen molar-refractivity contribution < 1.29 is 9.53 Å². The summed E-state index contributed by atoms with van der Waals surface area (Å²) in [5.74, 6) is 1.30. The molecular weight excluding hydrogens is 410 g/mol. The zero-order chi connectivity index (χ0) is 24.9. The van der Waals surface area contributed by atoms with Gasteiger partial charge in [0.1, 0.15) is 5.75 Å². The van der Waals surface area contributed by atoms with Crippen LogP contribution in [-0.2, 0) is 11.2 Å². The monoisotopic (exact) mass is 457 g/mol. The van der Waals surface area contributed by atoms with Crippen LogP contribution in [0.4, 0.5) is 0 Å². The summed E-state index contributed by atoms with van der Waals surface area (Å²) in [5.41, 5.74) is 0.295. The number of ether oxygens (including phenoxy) is 1. The number of likely N-dealkylation sites (tertiary alicyclic amines) is 2. The standard InChI is InChI=1S/C28H47N3O2/c1-24(2,3)29-16-28-19-30(25(4,5)6)17-27(23(28)32,18-31(20-28)26(7,8)9)15-21-11-13-22(33-10)14-12-21/h11-14,29H,15-20H2,1-10H3. The number of Topliss-reactive ketones (excluding diaryl/α,β-unsaturated/α-hetero) is 1. The SMILES string of the molecule is COc1ccc(CC23CN(C(C)(C)C)CC(CNC(C)(C)C)(CN(C(C)(C)C)C2)C3=O)cc1. The van der Waals surface area contributed by atoms with Gasteiger partial charge in [0, 0.05) is 49.3 Å². The largest absolute Gasteiger partial charge is 0.497 e. The Kier molecular flexibility index (Phi) is 6.87. The molecule has 2 fully saturated rings. The number of rotatable bonds is 5. The van der Waals surface area contributed by atoms with E-state index < -0.39 is 10.8 Å². The lowest BCUT2D eigenvalue weighted by Crippen LogP contribution is -2.76. The number of hydrogen-bond acceptors (Lipinski definition) is 5. The number of hydrogen-bond donors (Lipinski definition) is 1. The normalized spacial score (nSPS) is 27.6. The highest BCUT2D eigenvalue weighted by atomic mass is 16.5. The minimum Gasteiger partial charge on any atom is -0.497 e. The van der Waals surface area contributed by atoms with E-state index in [0.29, 0.717) is 12.3 Å². The first kappa shape index (κ1) is 26.2. The number of nitrogens with one attached hydrogen (secondary N) is 1. The molecule has 1 aromatic carbocycles. The maximum Gasteiger partial charge on any atom is 0.151 e. The molecule has 5 heteroatoms. The molecule has 0 spiro atoms. The van der Waals surface area contributed by atoms with Crippen molar-refractivity contribution in [3.05, 3.63) is 29.8 Å². The second-order valence-corrected chi connectivity index (χ2v) is 13.6. The molecule has 0 unspecified atom stereocenters. The molecule has 2 bridgehead atoms. The number of carbonyl (C=O) groups excluding carboxylic acids is 1. The Morgan fingerprint density at radius 2 is 1.27 bits per heavy atom. The predicted molar refractivity (Wildman–Crippen MR) is 137 cm³/mol. The number of fused-ring (bicyclic) bond motifs is 2. The minimum atomic E-state index is -0.439. The minimum absolute atomic E-state index is 0.00272. The van der Waals surface area contributed by atoms with Crippen molar-refractivity contribution in [1.29, 1.82) is 0 Å². The van der Waals surface area contributed by atoms with Crippen LogP contribution in [0.3, 0.4) is 0 Å². The van der Waals surface area contributed by atoms with E-state index in [9.17, 15) is 4.79 Å². The highest BCUT2D eigenvalue weighted by molar-refractivity contribution is 5.93. The Morgan fingerprint density at radius 1 is 0.818 bits per heavy atom. The van der Waals surface area contributed by atoms with Gasteiger partial charge in [0.15, 0.2) is 5.78 Å². The van der Waals surface area contributed by atoms with Crippen LogP contribution < -0.4 is 10.1 Å². The third kappa shape index (κ3) is 5.63. The van der Waals surface area contributed by atoms with Crippen molar-refractivity contribution in [2.45, 2.75) is 85.4 Å². The fraction of sp³-hybridized carbons (Fsp3) is 0.750. The second-order valence-electron chi connectivity index (χ2n) is 13.6. The van der Waals surface area contributed by atoms with Crippen molar-refractivity contribution in [2.24, 2.45) is 10.8 Å². The van der Waals surface area contributed by atoms with Crippen LogP contribution in [0, 0.1) is 10.8 Å². The molecule has 0 amide bonds. The number of benzene rings is 1. The van der Waals surface area contributed by atoms with E-state index in [1.807, 2.05) is 12.1 Å². The van der Waals surface area contributed by atoms with Gasteiger partial charge in [-0.2, -0.15) is 0 Å².